The van der Waals surface area contributed by atoms with Gasteiger partial charge in [0.05, 0.1) is 10.0 Å². The quantitative estimate of drug-likeness (QED) is 0.828. The fraction of sp³-hybridized carbons (Fsp3) is 0.667. The van der Waals surface area contributed by atoms with Gasteiger partial charge in [0.1, 0.15) is 11.6 Å². The van der Waals surface area contributed by atoms with Crippen molar-refractivity contribution in [3.05, 3.63) is 16.1 Å². The van der Waals surface area contributed by atoms with Gasteiger partial charge in [0.15, 0.2) is 0 Å². The molecule has 1 unspecified atom stereocenters. The van der Waals surface area contributed by atoms with Gasteiger partial charge in [-0.2, -0.15) is 0 Å². The highest BCUT2D eigenvalue weighted by Crippen LogP contribution is 2.29. The minimum absolute atomic E-state index is 0.555. The third-order valence-electron chi connectivity index (χ3n) is 3.88. The fourth-order valence-electron chi connectivity index (χ4n) is 2.62. The molecule has 0 saturated carbocycles. The van der Waals surface area contributed by atoms with E-state index in [4.69, 9.17) is 23.2 Å². The Labute approximate surface area is 137 Å². The second-order valence-corrected chi connectivity index (χ2v) is 6.62. The number of anilines is 2. The zero-order valence-corrected chi connectivity index (χ0v) is 14.4. The van der Waals surface area contributed by atoms with Crippen LogP contribution in [0.1, 0.15) is 27.2 Å². The number of hydrogen-bond donors (Lipinski definition) is 2. The van der Waals surface area contributed by atoms with Gasteiger partial charge in [-0.05, 0) is 45.7 Å². The van der Waals surface area contributed by atoms with Crippen molar-refractivity contribution in [2.75, 3.05) is 36.8 Å². The van der Waals surface area contributed by atoms with Crippen molar-refractivity contribution in [2.45, 2.75) is 33.2 Å². The van der Waals surface area contributed by atoms with E-state index in [-0.39, 0.29) is 0 Å². The first-order valence-electron chi connectivity index (χ1n) is 7.59. The molecule has 2 heterocycles. The molecule has 0 aromatic carbocycles. The molecule has 118 valence electrons. The third-order valence-corrected chi connectivity index (χ3v) is 4.46. The normalized spacial score (nSPS) is 19.2. The Morgan fingerprint density at radius 2 is 1.95 bits per heavy atom. The molecule has 1 saturated heterocycles. The third kappa shape index (κ3) is 4.38. The first-order chi connectivity index (χ1) is 10.0. The molecule has 2 N–H and O–H groups in total. The molecule has 0 spiro atoms. The molecule has 0 aliphatic carbocycles. The van der Waals surface area contributed by atoms with E-state index >= 15 is 0 Å². The van der Waals surface area contributed by atoms with Crippen LogP contribution in [-0.2, 0) is 0 Å². The van der Waals surface area contributed by atoms with Crippen molar-refractivity contribution in [2.24, 2.45) is 5.92 Å². The van der Waals surface area contributed by atoms with Crippen LogP contribution in [0.2, 0.25) is 10.0 Å². The molecule has 4 nitrogen and oxygen atoms in total. The lowest BCUT2D eigenvalue weighted by molar-refractivity contribution is 0.266. The molecule has 1 aliphatic rings. The predicted molar refractivity (Wildman–Crippen MR) is 91.7 cm³/mol. The summed E-state index contributed by atoms with van der Waals surface area (Å²) in [5.41, 5.74) is 0. The van der Waals surface area contributed by atoms with Gasteiger partial charge >= 0.3 is 0 Å². The summed E-state index contributed by atoms with van der Waals surface area (Å²) >= 11 is 12.3. The zero-order valence-electron chi connectivity index (χ0n) is 12.9. The number of hydrogen-bond acceptors (Lipinski definition) is 4. The average Bonchev–Trinajstić information content (AvgIpc) is 2.90. The summed E-state index contributed by atoms with van der Waals surface area (Å²) in [5.74, 6) is 2.03. The minimum atomic E-state index is 0.555. The Bertz CT molecular complexity index is 479. The van der Waals surface area contributed by atoms with Crippen LogP contribution < -0.4 is 10.6 Å². The number of rotatable bonds is 6. The van der Waals surface area contributed by atoms with Crippen LogP contribution in [0.4, 0.5) is 11.6 Å². The van der Waals surface area contributed by atoms with Crippen LogP contribution in [0, 0.1) is 5.92 Å². The molecule has 0 radical (unpaired) electrons. The smallest absolute Gasteiger partial charge is 0.147 e. The molecular weight excluding hydrogens is 307 g/mol. The largest absolute Gasteiger partial charge is 0.369 e. The van der Waals surface area contributed by atoms with Crippen molar-refractivity contribution < 1.29 is 0 Å². The summed E-state index contributed by atoms with van der Waals surface area (Å²) in [6.07, 6.45) is 1.22. The number of aromatic nitrogens is 1. The molecule has 0 amide bonds. The Morgan fingerprint density at radius 1 is 1.29 bits per heavy atom. The van der Waals surface area contributed by atoms with Crippen LogP contribution in [-0.4, -0.2) is 42.1 Å². The number of nitrogens with zero attached hydrogens (tertiary/aromatic N) is 2. The molecule has 21 heavy (non-hydrogen) atoms. The second-order valence-electron chi connectivity index (χ2n) is 5.80. The van der Waals surface area contributed by atoms with E-state index in [0.29, 0.717) is 33.6 Å². The molecule has 1 aromatic rings. The van der Waals surface area contributed by atoms with Gasteiger partial charge in [0.2, 0.25) is 0 Å². The summed E-state index contributed by atoms with van der Waals surface area (Å²) in [5, 5.41) is 7.64. The molecule has 1 atom stereocenters. The summed E-state index contributed by atoms with van der Waals surface area (Å²) in [6, 6.07) is 2.36. The van der Waals surface area contributed by atoms with E-state index < -0.39 is 0 Å². The molecule has 0 bridgehead atoms. The lowest BCUT2D eigenvalue weighted by atomic mass is 10.1. The second kappa shape index (κ2) is 7.52. The van der Waals surface area contributed by atoms with Crippen LogP contribution in [0.3, 0.4) is 0 Å². The Hall–Kier alpha value is -0.710. The first-order valence-corrected chi connectivity index (χ1v) is 8.34. The average molecular weight is 331 g/mol. The zero-order chi connectivity index (χ0) is 15.4. The Balaban J connectivity index is 1.95. The van der Waals surface area contributed by atoms with Gasteiger partial charge in [-0.15, -0.1) is 0 Å². The lowest BCUT2D eigenvalue weighted by Gasteiger charge is -2.20. The predicted octanol–water partition coefficient (Wildman–Crippen LogP) is 3.96. The highest BCUT2D eigenvalue weighted by atomic mass is 35.5. The van der Waals surface area contributed by atoms with Crippen molar-refractivity contribution >= 4 is 34.8 Å². The van der Waals surface area contributed by atoms with E-state index in [1.165, 1.54) is 13.0 Å². The fourth-order valence-corrected chi connectivity index (χ4v) is 3.11. The van der Waals surface area contributed by atoms with Crippen LogP contribution in [0.15, 0.2) is 6.07 Å². The molecule has 2 rings (SSSR count). The molecular formula is C15H24Cl2N4. The number of halogens is 2. The first kappa shape index (κ1) is 16.7. The standard InChI is InChI=1S/C15H24Cl2N4/c1-4-18-14-12(16)7-13(17)15(20-14)19-8-11-5-6-21(9-11)10(2)3/h7,10-11H,4-6,8-9H2,1-3H3,(H2,18,19,20). The van der Waals surface area contributed by atoms with E-state index in [1.54, 1.807) is 6.07 Å². The van der Waals surface area contributed by atoms with Gasteiger partial charge < -0.3 is 15.5 Å². The molecule has 6 heteroatoms. The summed E-state index contributed by atoms with van der Waals surface area (Å²) < 4.78 is 0. The summed E-state index contributed by atoms with van der Waals surface area (Å²) in [6.45, 7) is 10.5. The van der Waals surface area contributed by atoms with Gasteiger partial charge in [-0.3, -0.25) is 0 Å². The Morgan fingerprint density at radius 3 is 2.52 bits per heavy atom. The molecule has 1 aromatic heterocycles. The van der Waals surface area contributed by atoms with Crippen molar-refractivity contribution in [3.8, 4) is 0 Å². The highest BCUT2D eigenvalue weighted by molar-refractivity contribution is 6.37. The highest BCUT2D eigenvalue weighted by Gasteiger charge is 2.24. The van der Waals surface area contributed by atoms with Crippen LogP contribution in [0.5, 0.6) is 0 Å². The monoisotopic (exact) mass is 330 g/mol. The summed E-state index contributed by atoms with van der Waals surface area (Å²) in [7, 11) is 0. The maximum atomic E-state index is 6.22. The van der Waals surface area contributed by atoms with E-state index in [1.807, 2.05) is 6.92 Å². The van der Waals surface area contributed by atoms with E-state index in [9.17, 15) is 0 Å². The minimum Gasteiger partial charge on any atom is -0.369 e. The van der Waals surface area contributed by atoms with Crippen LogP contribution in [0.25, 0.3) is 0 Å². The summed E-state index contributed by atoms with van der Waals surface area (Å²) in [4.78, 5) is 6.98. The maximum Gasteiger partial charge on any atom is 0.147 e. The van der Waals surface area contributed by atoms with Crippen molar-refractivity contribution in [1.29, 1.82) is 0 Å². The Kier molecular flexibility index (Phi) is 5.97. The maximum absolute atomic E-state index is 6.22. The SMILES string of the molecule is CCNc1nc(NCC2CCN(C(C)C)C2)c(Cl)cc1Cl. The molecule has 1 aliphatic heterocycles. The van der Waals surface area contributed by atoms with Crippen molar-refractivity contribution in [3.63, 3.8) is 0 Å². The van der Waals surface area contributed by atoms with Gasteiger partial charge in [0.25, 0.3) is 0 Å². The topological polar surface area (TPSA) is 40.2 Å². The van der Waals surface area contributed by atoms with Gasteiger partial charge in [0, 0.05) is 25.7 Å². The van der Waals surface area contributed by atoms with Gasteiger partial charge in [-0.25, -0.2) is 4.98 Å². The molecule has 1 fully saturated rings. The van der Waals surface area contributed by atoms with E-state index in [0.717, 1.165) is 19.6 Å². The number of likely N-dealkylation sites (tertiary alicyclic amines) is 1. The van der Waals surface area contributed by atoms with E-state index in [2.05, 4.69) is 34.4 Å². The van der Waals surface area contributed by atoms with Crippen LogP contribution >= 0.6 is 23.2 Å². The van der Waals surface area contributed by atoms with Crippen molar-refractivity contribution in [1.82, 2.24) is 9.88 Å². The number of nitrogens with one attached hydrogen (secondary N) is 2. The lowest BCUT2D eigenvalue weighted by Crippen LogP contribution is -2.29. The van der Waals surface area contributed by atoms with Gasteiger partial charge in [-0.1, -0.05) is 23.2 Å². The number of pyridine rings is 1.